The maximum atomic E-state index is 10.1. The summed E-state index contributed by atoms with van der Waals surface area (Å²) in [6, 6.07) is 0. The first-order valence-corrected chi connectivity index (χ1v) is 2.29. The number of aliphatic carboxylic acids is 1. The van der Waals surface area contributed by atoms with Crippen molar-refractivity contribution in [3.63, 3.8) is 0 Å². The Morgan fingerprint density at radius 1 is 1.58 bits per heavy atom. The Morgan fingerprint density at radius 3 is 2.25 bits per heavy atom. The Kier molecular flexibility index (Phi) is 14.6. The minimum atomic E-state index is -1.45. The van der Waals surface area contributed by atoms with Gasteiger partial charge in [-0.1, -0.05) is 0 Å². The average molecular weight is 193 g/mol. The molecule has 0 aromatic rings. The number of rotatable bonds is 3. The van der Waals surface area contributed by atoms with E-state index in [1.165, 1.54) is 0 Å². The molecule has 58 valence electrons. The molecule has 0 aromatic heterocycles. The van der Waals surface area contributed by atoms with Gasteiger partial charge in [-0.3, -0.25) is 0 Å². The van der Waals surface area contributed by atoms with Gasteiger partial charge in [0.2, 0.25) is 0 Å². The van der Waals surface area contributed by atoms with Crippen molar-refractivity contribution in [2.45, 2.75) is 0 Å². The fourth-order valence-electron chi connectivity index (χ4n) is 0.310. The number of carboxylic acids is 1. The molecule has 0 radical (unpaired) electrons. The third kappa shape index (κ3) is 8.57. The summed E-state index contributed by atoms with van der Waals surface area (Å²) in [5.74, 6) is -1.45. The van der Waals surface area contributed by atoms with Crippen molar-refractivity contribution in [3.8, 4) is 0 Å². The molecule has 7 nitrogen and oxygen atoms in total. The van der Waals surface area contributed by atoms with E-state index in [1.54, 1.807) is 0 Å². The third-order valence-corrected chi connectivity index (χ3v) is 0.720. The molecule has 0 aliphatic rings. The molecular formula is C3H5N3Na2O4. The summed E-state index contributed by atoms with van der Waals surface area (Å²) in [6.45, 7) is -0.658. The van der Waals surface area contributed by atoms with Crippen LogP contribution < -0.4 is 64.2 Å². The Balaban J connectivity index is -0.000000405. The maximum absolute atomic E-state index is 10.1. The maximum Gasteiger partial charge on any atom is 1.00 e. The minimum Gasteiger partial charge on any atom is -0.737 e. The largest absolute Gasteiger partial charge is 1.00 e. The molecule has 9 heteroatoms. The number of hydrazine groups is 1. The Bertz CT molecular complexity index is 164. The van der Waals surface area contributed by atoms with Gasteiger partial charge < -0.3 is 20.3 Å². The number of carboxylic acid groups (broad SMARTS) is 1. The van der Waals surface area contributed by atoms with E-state index in [0.717, 1.165) is 7.05 Å². The van der Waals surface area contributed by atoms with Crippen LogP contribution in [-0.4, -0.2) is 29.5 Å². The molecule has 0 fully saturated rings. The SMILES string of the molecule is CN(CC(=O)[O-])/[N+]([O-])=N/[O-].[Na+].[Na+]. The number of likely N-dealkylation sites (N-methyl/N-ethyl adjacent to an activating group) is 1. The molecule has 0 rings (SSSR count). The van der Waals surface area contributed by atoms with E-state index in [9.17, 15) is 20.3 Å². The predicted octanol–water partition coefficient (Wildman–Crippen LogP) is -7.95. The summed E-state index contributed by atoms with van der Waals surface area (Å²) in [5.41, 5.74) is 0. The molecule has 0 aromatic carbocycles. The summed E-state index contributed by atoms with van der Waals surface area (Å²) in [5, 5.41) is 31.8. The fraction of sp³-hybridized carbons (Fsp3) is 0.667. The first-order valence-electron chi connectivity index (χ1n) is 2.29. The average Bonchev–Trinajstić information content (AvgIpc) is 1.85. The van der Waals surface area contributed by atoms with Gasteiger partial charge in [-0.2, -0.15) is 0 Å². The zero-order chi connectivity index (χ0) is 8.15. The van der Waals surface area contributed by atoms with Gasteiger partial charge >= 0.3 is 59.1 Å². The fourth-order valence-corrected chi connectivity index (χ4v) is 0.310. The van der Waals surface area contributed by atoms with Crippen LogP contribution in [0.15, 0.2) is 5.28 Å². The summed E-state index contributed by atoms with van der Waals surface area (Å²) in [4.78, 5) is 9.39. The van der Waals surface area contributed by atoms with Gasteiger partial charge in [-0.05, 0) is 5.28 Å². The zero-order valence-corrected chi connectivity index (χ0v) is 11.2. The minimum absolute atomic E-state index is 0. The van der Waals surface area contributed by atoms with Crippen molar-refractivity contribution in [2.24, 2.45) is 5.28 Å². The Morgan fingerprint density at radius 2 is 2.00 bits per heavy atom. The molecule has 0 saturated carbocycles. The topological polar surface area (TPSA) is 105 Å². The standard InChI is InChI=1S/C3H7N3O4.2Na/c1-5(2-3(7)8)6(10)4-9;;/h9H,2H2,1H3,(H,7,8);;/q;2*+1/p-2/b6-4-;;. The van der Waals surface area contributed by atoms with E-state index in [4.69, 9.17) is 0 Å². The van der Waals surface area contributed by atoms with Crippen molar-refractivity contribution in [3.05, 3.63) is 10.4 Å². The second kappa shape index (κ2) is 9.56. The van der Waals surface area contributed by atoms with Crippen molar-refractivity contribution in [2.75, 3.05) is 13.6 Å². The van der Waals surface area contributed by atoms with E-state index in [-0.39, 0.29) is 64.1 Å². The molecule has 0 spiro atoms. The normalized spacial score (nSPS) is 9.25. The van der Waals surface area contributed by atoms with E-state index in [2.05, 4.69) is 0 Å². The zero-order valence-electron chi connectivity index (χ0n) is 7.18. The number of carbonyl (C=O) groups is 1. The molecule has 0 amide bonds. The van der Waals surface area contributed by atoms with E-state index in [1.807, 2.05) is 5.28 Å². The molecular weight excluding hydrogens is 188 g/mol. The van der Waals surface area contributed by atoms with Crippen LogP contribution in [0, 0.1) is 10.4 Å². The van der Waals surface area contributed by atoms with E-state index < -0.39 is 12.5 Å². The molecule has 0 aliphatic carbocycles. The van der Waals surface area contributed by atoms with Crippen LogP contribution in [0.25, 0.3) is 0 Å². The van der Waals surface area contributed by atoms with Crippen LogP contribution in [0.5, 0.6) is 0 Å². The first-order chi connectivity index (χ1) is 4.57. The van der Waals surface area contributed by atoms with Gasteiger partial charge in [-0.25, -0.2) is 0 Å². The van der Waals surface area contributed by atoms with Crippen LogP contribution in [0.4, 0.5) is 0 Å². The number of carbonyl (C=O) groups excluding carboxylic acids is 1. The van der Waals surface area contributed by atoms with Crippen molar-refractivity contribution < 1.29 is 74.0 Å². The Hall–Kier alpha value is 0.470. The van der Waals surface area contributed by atoms with Gasteiger partial charge in [0, 0.05) is 4.97 Å². The molecule has 0 aliphatic heterocycles. The molecule has 0 heterocycles. The van der Waals surface area contributed by atoms with Crippen LogP contribution in [-0.2, 0) is 4.79 Å². The van der Waals surface area contributed by atoms with Gasteiger partial charge in [0.05, 0.1) is 13.0 Å². The van der Waals surface area contributed by atoms with Gasteiger partial charge in [0.15, 0.2) is 0 Å². The number of hydrogen-bond donors (Lipinski definition) is 0. The molecule has 0 unspecified atom stereocenters. The van der Waals surface area contributed by atoms with Crippen LogP contribution >= 0.6 is 0 Å². The summed E-state index contributed by atoms with van der Waals surface area (Å²) in [6.07, 6.45) is 0. The monoisotopic (exact) mass is 193 g/mol. The molecule has 0 bridgehead atoms. The summed E-state index contributed by atoms with van der Waals surface area (Å²) >= 11 is 0. The molecule has 0 atom stereocenters. The molecule has 0 saturated heterocycles. The smallest absolute Gasteiger partial charge is 0.737 e. The summed E-state index contributed by atoms with van der Waals surface area (Å²) < 4.78 is 0. The molecule has 12 heavy (non-hydrogen) atoms. The Labute approximate surface area is 113 Å². The van der Waals surface area contributed by atoms with Crippen molar-refractivity contribution in [1.29, 1.82) is 0 Å². The molecule has 0 N–H and O–H groups in total. The quantitative estimate of drug-likeness (QED) is 0.191. The summed E-state index contributed by atoms with van der Waals surface area (Å²) in [7, 11) is 1.10. The first kappa shape index (κ1) is 18.3. The third-order valence-electron chi connectivity index (χ3n) is 0.720. The van der Waals surface area contributed by atoms with E-state index in [0.29, 0.717) is 5.01 Å². The predicted molar refractivity (Wildman–Crippen MR) is 27.1 cm³/mol. The number of hydrogen-bond acceptors (Lipinski definition) is 5. The van der Waals surface area contributed by atoms with Crippen LogP contribution in [0.2, 0.25) is 0 Å². The number of nitrogens with zero attached hydrogens (tertiary/aromatic N) is 3. The second-order valence-electron chi connectivity index (χ2n) is 1.52. The van der Waals surface area contributed by atoms with Gasteiger partial charge in [0.1, 0.15) is 6.54 Å². The van der Waals surface area contributed by atoms with Crippen molar-refractivity contribution >= 4 is 5.97 Å². The van der Waals surface area contributed by atoms with Crippen LogP contribution in [0.1, 0.15) is 0 Å². The van der Waals surface area contributed by atoms with Gasteiger partial charge in [-0.15, -0.1) is 5.01 Å². The second-order valence-corrected chi connectivity index (χ2v) is 1.52. The van der Waals surface area contributed by atoms with E-state index >= 15 is 0 Å². The van der Waals surface area contributed by atoms with Crippen molar-refractivity contribution in [1.82, 2.24) is 5.01 Å². The van der Waals surface area contributed by atoms with Gasteiger partial charge in [0.25, 0.3) is 0 Å². The van der Waals surface area contributed by atoms with Crippen LogP contribution in [0.3, 0.4) is 0 Å².